The number of aromatic nitrogens is 2. The Hall–Kier alpha value is -4.00. The predicted molar refractivity (Wildman–Crippen MR) is 125 cm³/mol. The van der Waals surface area contributed by atoms with Crippen molar-refractivity contribution >= 4 is 23.3 Å². The molecule has 168 valence electrons. The Balaban J connectivity index is 1.28. The molecule has 3 aromatic rings. The molecule has 2 amide bonds. The molecule has 1 aromatic heterocycles. The monoisotopic (exact) mass is 443 g/mol. The Morgan fingerprint density at radius 2 is 1.39 bits per heavy atom. The maximum Gasteiger partial charge on any atom is 0.239 e. The van der Waals surface area contributed by atoms with Crippen LogP contribution in [0.15, 0.2) is 66.9 Å². The van der Waals surface area contributed by atoms with E-state index in [-0.39, 0.29) is 18.4 Å². The number of benzene rings is 2. The average molecular weight is 444 g/mol. The molecule has 2 heterocycles. The van der Waals surface area contributed by atoms with Crippen LogP contribution in [0.2, 0.25) is 0 Å². The molecule has 33 heavy (non-hydrogen) atoms. The van der Waals surface area contributed by atoms with E-state index in [9.17, 15) is 14.9 Å². The molecule has 1 aliphatic rings. The summed E-state index contributed by atoms with van der Waals surface area (Å²) in [5, 5.41) is 19.4. The minimum atomic E-state index is -0.209. The van der Waals surface area contributed by atoms with Gasteiger partial charge in [0.25, 0.3) is 0 Å². The first kappa shape index (κ1) is 22.2. The van der Waals surface area contributed by atoms with E-state index in [0.29, 0.717) is 44.1 Å². The summed E-state index contributed by atoms with van der Waals surface area (Å²) >= 11 is 0. The van der Waals surface area contributed by atoms with Gasteiger partial charge in [-0.25, -0.2) is 4.68 Å². The lowest BCUT2D eigenvalue weighted by atomic mass is 10.3. The van der Waals surface area contributed by atoms with Crippen molar-refractivity contribution in [2.75, 3.05) is 49.9 Å². The van der Waals surface area contributed by atoms with Gasteiger partial charge in [0.1, 0.15) is 11.6 Å². The zero-order valence-electron chi connectivity index (χ0n) is 18.1. The quantitative estimate of drug-likeness (QED) is 0.578. The fraction of sp³-hybridized carbons (Fsp3) is 0.250. The van der Waals surface area contributed by atoms with E-state index in [0.717, 1.165) is 11.4 Å². The second-order valence-corrected chi connectivity index (χ2v) is 7.78. The van der Waals surface area contributed by atoms with Crippen molar-refractivity contribution in [1.29, 1.82) is 5.26 Å². The van der Waals surface area contributed by atoms with Crippen molar-refractivity contribution in [3.05, 3.63) is 72.4 Å². The first-order valence-electron chi connectivity index (χ1n) is 10.8. The van der Waals surface area contributed by atoms with Gasteiger partial charge >= 0.3 is 0 Å². The molecule has 1 fully saturated rings. The molecule has 0 spiro atoms. The van der Waals surface area contributed by atoms with Crippen LogP contribution in [0.5, 0.6) is 0 Å². The highest BCUT2D eigenvalue weighted by Crippen LogP contribution is 2.19. The number of anilines is 2. The van der Waals surface area contributed by atoms with Gasteiger partial charge in [0.2, 0.25) is 11.8 Å². The highest BCUT2D eigenvalue weighted by atomic mass is 16.2. The number of amides is 2. The summed E-state index contributed by atoms with van der Waals surface area (Å²) < 4.78 is 1.56. The van der Waals surface area contributed by atoms with Crippen molar-refractivity contribution in [2.45, 2.75) is 0 Å². The normalized spacial score (nSPS) is 14.4. The van der Waals surface area contributed by atoms with Crippen LogP contribution in [-0.2, 0) is 9.59 Å². The van der Waals surface area contributed by atoms with Gasteiger partial charge in [-0.3, -0.25) is 19.4 Å². The minimum Gasteiger partial charge on any atom is -0.325 e. The van der Waals surface area contributed by atoms with E-state index in [2.05, 4.69) is 26.7 Å². The van der Waals surface area contributed by atoms with Gasteiger partial charge in [-0.05, 0) is 24.3 Å². The smallest absolute Gasteiger partial charge is 0.239 e. The lowest BCUT2D eigenvalue weighted by Gasteiger charge is -2.33. The van der Waals surface area contributed by atoms with Crippen molar-refractivity contribution in [2.24, 2.45) is 0 Å². The molecule has 2 N–H and O–H groups in total. The van der Waals surface area contributed by atoms with E-state index >= 15 is 0 Å². The maximum absolute atomic E-state index is 12.7. The van der Waals surface area contributed by atoms with Crippen LogP contribution in [-0.4, -0.2) is 70.7 Å². The number of para-hydroxylation sites is 2. The number of nitrogens with one attached hydrogen (secondary N) is 2. The zero-order chi connectivity index (χ0) is 23.0. The van der Waals surface area contributed by atoms with Gasteiger partial charge in [0.05, 0.1) is 25.0 Å². The maximum atomic E-state index is 12.7. The third-order valence-corrected chi connectivity index (χ3v) is 5.41. The molecule has 2 aromatic carbocycles. The number of piperazine rings is 1. The van der Waals surface area contributed by atoms with Gasteiger partial charge < -0.3 is 10.6 Å². The van der Waals surface area contributed by atoms with E-state index in [4.69, 9.17) is 0 Å². The van der Waals surface area contributed by atoms with Crippen molar-refractivity contribution in [1.82, 2.24) is 19.6 Å². The highest BCUT2D eigenvalue weighted by Gasteiger charge is 2.22. The number of nitrogens with zero attached hydrogens (tertiary/aromatic N) is 5. The third kappa shape index (κ3) is 5.83. The summed E-state index contributed by atoms with van der Waals surface area (Å²) in [4.78, 5) is 29.1. The van der Waals surface area contributed by atoms with Crippen molar-refractivity contribution in [3.8, 4) is 11.8 Å². The number of carbonyl (C=O) groups excluding carboxylic acids is 2. The van der Waals surface area contributed by atoms with Crippen LogP contribution in [0, 0.1) is 11.3 Å². The Labute approximate surface area is 192 Å². The Morgan fingerprint density at radius 1 is 0.848 bits per heavy atom. The Morgan fingerprint density at radius 3 is 1.97 bits per heavy atom. The summed E-state index contributed by atoms with van der Waals surface area (Å²) in [6, 6.07) is 20.8. The molecule has 1 aliphatic heterocycles. The van der Waals surface area contributed by atoms with E-state index in [1.165, 1.54) is 6.20 Å². The first-order valence-corrected chi connectivity index (χ1v) is 10.8. The molecular formula is C24H25N7O2. The average Bonchev–Trinajstić information content (AvgIpc) is 3.24. The molecule has 9 heteroatoms. The number of hydrogen-bond acceptors (Lipinski definition) is 6. The number of rotatable bonds is 7. The number of nitriles is 1. The van der Waals surface area contributed by atoms with E-state index in [1.54, 1.807) is 4.68 Å². The van der Waals surface area contributed by atoms with E-state index < -0.39 is 0 Å². The van der Waals surface area contributed by atoms with Crippen LogP contribution in [0.25, 0.3) is 5.69 Å². The van der Waals surface area contributed by atoms with Crippen molar-refractivity contribution in [3.63, 3.8) is 0 Å². The lowest BCUT2D eigenvalue weighted by Crippen LogP contribution is -2.50. The topological polar surface area (TPSA) is 106 Å². The Kier molecular flexibility index (Phi) is 7.09. The molecular weight excluding hydrogens is 418 g/mol. The first-order chi connectivity index (χ1) is 16.1. The standard InChI is InChI=1S/C24H25N7O2/c25-15-19-16-26-31(21-9-5-2-6-10-21)24(19)28-23(33)18-30-13-11-29(12-14-30)17-22(32)27-20-7-3-1-4-8-20/h1-10,16H,11-14,17-18H2,(H,27,32)(H,28,33). The highest BCUT2D eigenvalue weighted by molar-refractivity contribution is 5.93. The molecule has 0 radical (unpaired) electrons. The van der Waals surface area contributed by atoms with Crippen LogP contribution in [0.4, 0.5) is 11.5 Å². The molecule has 0 bridgehead atoms. The van der Waals surface area contributed by atoms with Crippen molar-refractivity contribution < 1.29 is 9.59 Å². The fourth-order valence-electron chi connectivity index (χ4n) is 3.72. The number of hydrogen-bond donors (Lipinski definition) is 2. The number of carbonyl (C=O) groups is 2. The summed E-state index contributed by atoms with van der Waals surface area (Å²) in [6.45, 7) is 3.26. The molecule has 9 nitrogen and oxygen atoms in total. The third-order valence-electron chi connectivity index (χ3n) is 5.41. The molecule has 0 saturated carbocycles. The second-order valence-electron chi connectivity index (χ2n) is 7.78. The molecule has 0 aliphatic carbocycles. The van der Waals surface area contributed by atoms with Crippen LogP contribution >= 0.6 is 0 Å². The van der Waals surface area contributed by atoms with Gasteiger partial charge in [0, 0.05) is 31.9 Å². The van der Waals surface area contributed by atoms with Gasteiger partial charge in [-0.1, -0.05) is 36.4 Å². The summed E-state index contributed by atoms with van der Waals surface area (Å²) in [6.07, 6.45) is 1.45. The molecule has 0 atom stereocenters. The van der Waals surface area contributed by atoms with Gasteiger partial charge in [-0.2, -0.15) is 10.4 Å². The molecule has 1 saturated heterocycles. The minimum absolute atomic E-state index is 0.0504. The van der Waals surface area contributed by atoms with Crippen LogP contribution in [0.1, 0.15) is 5.56 Å². The lowest BCUT2D eigenvalue weighted by molar-refractivity contribution is -0.120. The van der Waals surface area contributed by atoms with Gasteiger partial charge in [-0.15, -0.1) is 0 Å². The largest absolute Gasteiger partial charge is 0.325 e. The molecule has 4 rings (SSSR count). The van der Waals surface area contributed by atoms with E-state index in [1.807, 2.05) is 65.6 Å². The summed E-state index contributed by atoms with van der Waals surface area (Å²) in [7, 11) is 0. The SMILES string of the molecule is N#Cc1cnn(-c2ccccc2)c1NC(=O)CN1CCN(CC(=O)Nc2ccccc2)CC1. The second kappa shape index (κ2) is 10.5. The summed E-state index contributed by atoms with van der Waals surface area (Å²) in [5.74, 6) is 0.106. The van der Waals surface area contributed by atoms with Crippen LogP contribution < -0.4 is 10.6 Å². The summed E-state index contributed by atoms with van der Waals surface area (Å²) in [5.41, 5.74) is 1.85. The van der Waals surface area contributed by atoms with Gasteiger partial charge in [0.15, 0.2) is 5.82 Å². The zero-order valence-corrected chi connectivity index (χ0v) is 18.1. The predicted octanol–water partition coefficient (Wildman–Crippen LogP) is 1.94. The fourth-order valence-corrected chi connectivity index (χ4v) is 3.72. The molecule has 0 unspecified atom stereocenters. The van der Waals surface area contributed by atoms with Crippen LogP contribution in [0.3, 0.4) is 0 Å². The Bertz CT molecular complexity index is 1130.